The number of hydrogen-bond acceptors (Lipinski definition) is 2. The van der Waals surface area contributed by atoms with Crippen LogP contribution >= 0.6 is 0 Å². The van der Waals surface area contributed by atoms with Gasteiger partial charge >= 0.3 is 0 Å². The Kier molecular flexibility index (Phi) is 2.69. The van der Waals surface area contributed by atoms with E-state index in [-0.39, 0.29) is 0 Å². The molecule has 0 aliphatic carbocycles. The normalized spacial score (nSPS) is 11.0. The Morgan fingerprint density at radius 2 is 1.81 bits per heavy atom. The zero-order chi connectivity index (χ0) is 11.7. The third kappa shape index (κ3) is 1.69. The van der Waals surface area contributed by atoms with Crippen molar-refractivity contribution >= 4 is 5.82 Å². The minimum atomic E-state index is 0.396. The molecule has 0 saturated heterocycles. The molecule has 1 heterocycles. The van der Waals surface area contributed by atoms with Crippen molar-refractivity contribution in [3.8, 4) is 5.69 Å². The van der Waals surface area contributed by atoms with E-state index in [1.54, 1.807) is 0 Å². The summed E-state index contributed by atoms with van der Waals surface area (Å²) in [6, 6.07) is 9.97. The van der Waals surface area contributed by atoms with Gasteiger partial charge in [0, 0.05) is 5.56 Å². The number of rotatable bonds is 2. The monoisotopic (exact) mass is 215 g/mol. The first kappa shape index (κ1) is 10.7. The minimum Gasteiger partial charge on any atom is -0.383 e. The average Bonchev–Trinajstić information content (AvgIpc) is 2.58. The second-order valence-corrected chi connectivity index (χ2v) is 4.30. The lowest BCUT2D eigenvalue weighted by Gasteiger charge is -2.03. The van der Waals surface area contributed by atoms with Crippen LogP contribution in [0.1, 0.15) is 31.0 Å². The third-order valence-electron chi connectivity index (χ3n) is 2.75. The Hall–Kier alpha value is -1.77. The Balaban J connectivity index is 2.55. The number of anilines is 1. The molecule has 0 radical (unpaired) electrons. The number of nitrogens with two attached hydrogens (primary N) is 1. The highest BCUT2D eigenvalue weighted by molar-refractivity contribution is 5.49. The minimum absolute atomic E-state index is 0.396. The van der Waals surface area contributed by atoms with E-state index in [1.807, 2.05) is 41.9 Å². The molecule has 0 aliphatic heterocycles. The quantitative estimate of drug-likeness (QED) is 0.837. The van der Waals surface area contributed by atoms with Crippen LogP contribution in [0, 0.1) is 6.92 Å². The van der Waals surface area contributed by atoms with Crippen LogP contribution in [0.25, 0.3) is 5.69 Å². The van der Waals surface area contributed by atoms with Crippen LogP contribution < -0.4 is 5.73 Å². The van der Waals surface area contributed by atoms with Gasteiger partial charge in [-0.25, -0.2) is 4.68 Å². The fourth-order valence-corrected chi connectivity index (χ4v) is 1.84. The second kappa shape index (κ2) is 4.00. The van der Waals surface area contributed by atoms with Gasteiger partial charge in [-0.1, -0.05) is 32.0 Å². The smallest absolute Gasteiger partial charge is 0.130 e. The molecule has 1 aromatic carbocycles. The molecule has 2 aromatic rings. The van der Waals surface area contributed by atoms with E-state index in [0.29, 0.717) is 5.92 Å². The van der Waals surface area contributed by atoms with Crippen LogP contribution in [0.15, 0.2) is 30.3 Å². The molecule has 0 unspecified atom stereocenters. The Bertz CT molecular complexity index is 483. The molecule has 3 nitrogen and oxygen atoms in total. The number of aromatic nitrogens is 2. The van der Waals surface area contributed by atoms with Crippen molar-refractivity contribution in [2.45, 2.75) is 26.7 Å². The first-order valence-corrected chi connectivity index (χ1v) is 5.51. The number of benzene rings is 1. The van der Waals surface area contributed by atoms with Crippen LogP contribution in [0.5, 0.6) is 0 Å². The zero-order valence-corrected chi connectivity index (χ0v) is 9.94. The van der Waals surface area contributed by atoms with E-state index in [2.05, 4.69) is 18.9 Å². The summed E-state index contributed by atoms with van der Waals surface area (Å²) in [5, 5.41) is 4.57. The topological polar surface area (TPSA) is 43.8 Å². The van der Waals surface area contributed by atoms with Crippen molar-refractivity contribution in [2.24, 2.45) is 0 Å². The van der Waals surface area contributed by atoms with Crippen molar-refractivity contribution in [2.75, 3.05) is 5.73 Å². The first-order chi connectivity index (χ1) is 7.61. The van der Waals surface area contributed by atoms with Gasteiger partial charge in [-0.05, 0) is 25.0 Å². The molecule has 2 rings (SSSR count). The van der Waals surface area contributed by atoms with Gasteiger partial charge < -0.3 is 5.73 Å². The molecule has 16 heavy (non-hydrogen) atoms. The molecule has 0 spiro atoms. The molecule has 0 aliphatic rings. The van der Waals surface area contributed by atoms with Crippen LogP contribution in [0.2, 0.25) is 0 Å². The largest absolute Gasteiger partial charge is 0.383 e. The first-order valence-electron chi connectivity index (χ1n) is 5.51. The number of para-hydroxylation sites is 1. The van der Waals surface area contributed by atoms with Gasteiger partial charge in [-0.15, -0.1) is 0 Å². The zero-order valence-electron chi connectivity index (χ0n) is 9.94. The van der Waals surface area contributed by atoms with Crippen molar-refractivity contribution in [1.82, 2.24) is 9.78 Å². The standard InChI is InChI=1S/C13H17N3/c1-9(2)12-10(3)13(14)16(15-12)11-7-5-4-6-8-11/h4-9H,14H2,1-3H3. The molecule has 0 saturated carbocycles. The molecule has 3 heteroatoms. The summed E-state index contributed by atoms with van der Waals surface area (Å²) >= 11 is 0. The van der Waals surface area contributed by atoms with Crippen molar-refractivity contribution in [1.29, 1.82) is 0 Å². The molecule has 0 atom stereocenters. The summed E-state index contributed by atoms with van der Waals surface area (Å²) < 4.78 is 1.81. The van der Waals surface area contributed by atoms with Crippen molar-refractivity contribution < 1.29 is 0 Å². The van der Waals surface area contributed by atoms with E-state index in [0.717, 1.165) is 22.8 Å². The lowest BCUT2D eigenvalue weighted by molar-refractivity contribution is 0.768. The van der Waals surface area contributed by atoms with Crippen LogP contribution in [0.4, 0.5) is 5.82 Å². The number of nitrogen functional groups attached to an aromatic ring is 1. The maximum atomic E-state index is 6.07. The summed E-state index contributed by atoms with van der Waals surface area (Å²) in [6.45, 7) is 6.28. The Morgan fingerprint density at radius 1 is 1.19 bits per heavy atom. The van der Waals surface area contributed by atoms with E-state index < -0.39 is 0 Å². The Morgan fingerprint density at radius 3 is 2.31 bits per heavy atom. The molecule has 84 valence electrons. The second-order valence-electron chi connectivity index (χ2n) is 4.30. The average molecular weight is 215 g/mol. The van der Waals surface area contributed by atoms with E-state index >= 15 is 0 Å². The SMILES string of the molecule is Cc1c(C(C)C)nn(-c2ccccc2)c1N. The summed E-state index contributed by atoms with van der Waals surface area (Å²) in [5.41, 5.74) is 9.24. The summed E-state index contributed by atoms with van der Waals surface area (Å²) in [6.07, 6.45) is 0. The maximum absolute atomic E-state index is 6.07. The third-order valence-corrected chi connectivity index (χ3v) is 2.75. The Labute approximate surface area is 95.9 Å². The fraction of sp³-hybridized carbons (Fsp3) is 0.308. The van der Waals surface area contributed by atoms with Crippen LogP contribution in [-0.2, 0) is 0 Å². The molecule has 2 N–H and O–H groups in total. The van der Waals surface area contributed by atoms with Gasteiger partial charge in [0.2, 0.25) is 0 Å². The highest BCUT2D eigenvalue weighted by Gasteiger charge is 2.14. The lowest BCUT2D eigenvalue weighted by Crippen LogP contribution is -2.02. The van der Waals surface area contributed by atoms with Crippen LogP contribution in [-0.4, -0.2) is 9.78 Å². The summed E-state index contributed by atoms with van der Waals surface area (Å²) in [5.74, 6) is 1.13. The fourth-order valence-electron chi connectivity index (χ4n) is 1.84. The van der Waals surface area contributed by atoms with E-state index in [1.165, 1.54) is 0 Å². The lowest BCUT2D eigenvalue weighted by atomic mass is 10.1. The number of hydrogen-bond donors (Lipinski definition) is 1. The van der Waals surface area contributed by atoms with Gasteiger partial charge in [-0.2, -0.15) is 5.10 Å². The molecule has 0 fully saturated rings. The summed E-state index contributed by atoms with van der Waals surface area (Å²) in [7, 11) is 0. The molecular formula is C13H17N3. The van der Waals surface area contributed by atoms with E-state index in [9.17, 15) is 0 Å². The summed E-state index contributed by atoms with van der Waals surface area (Å²) in [4.78, 5) is 0. The molecular weight excluding hydrogens is 198 g/mol. The maximum Gasteiger partial charge on any atom is 0.130 e. The predicted molar refractivity (Wildman–Crippen MR) is 66.8 cm³/mol. The van der Waals surface area contributed by atoms with Crippen molar-refractivity contribution in [3.63, 3.8) is 0 Å². The van der Waals surface area contributed by atoms with Crippen LogP contribution in [0.3, 0.4) is 0 Å². The number of nitrogens with zero attached hydrogens (tertiary/aromatic N) is 2. The van der Waals surface area contributed by atoms with Crippen molar-refractivity contribution in [3.05, 3.63) is 41.6 Å². The molecule has 1 aromatic heterocycles. The van der Waals surface area contributed by atoms with Gasteiger partial charge in [0.1, 0.15) is 5.82 Å². The van der Waals surface area contributed by atoms with Gasteiger partial charge in [0.05, 0.1) is 11.4 Å². The molecule has 0 bridgehead atoms. The van der Waals surface area contributed by atoms with E-state index in [4.69, 9.17) is 5.73 Å². The highest BCUT2D eigenvalue weighted by Crippen LogP contribution is 2.25. The highest BCUT2D eigenvalue weighted by atomic mass is 15.3. The van der Waals surface area contributed by atoms with Gasteiger partial charge in [-0.3, -0.25) is 0 Å². The van der Waals surface area contributed by atoms with Gasteiger partial charge in [0.25, 0.3) is 0 Å². The molecule has 0 amide bonds. The predicted octanol–water partition coefficient (Wildman–Crippen LogP) is 2.89. The van der Waals surface area contributed by atoms with Gasteiger partial charge in [0.15, 0.2) is 0 Å².